The Bertz CT molecular complexity index is 843. The van der Waals surface area contributed by atoms with Crippen LogP contribution in [-0.4, -0.2) is 24.1 Å². The quantitative estimate of drug-likeness (QED) is 0.802. The van der Waals surface area contributed by atoms with Crippen LogP contribution < -0.4 is 10.2 Å². The number of ketones is 1. The largest absolute Gasteiger partial charge is 0.326 e. The van der Waals surface area contributed by atoms with Crippen molar-refractivity contribution in [3.05, 3.63) is 59.2 Å². The molecule has 2 aromatic carbocycles. The Hall–Kier alpha value is -2.95. The highest BCUT2D eigenvalue weighted by Gasteiger charge is 2.15. The van der Waals surface area contributed by atoms with Crippen molar-refractivity contribution in [2.45, 2.75) is 34.1 Å². The molecule has 0 aliphatic heterocycles. The van der Waals surface area contributed by atoms with Gasteiger partial charge in [0, 0.05) is 36.8 Å². The van der Waals surface area contributed by atoms with Crippen molar-refractivity contribution in [3.8, 4) is 0 Å². The molecule has 0 fully saturated rings. The molecule has 2 rings (SSSR count). The molecule has 0 atom stereocenters. The molecule has 0 unspecified atom stereocenters. The molecule has 2 aromatic rings. The summed E-state index contributed by atoms with van der Waals surface area (Å²) in [6.45, 7) is 7.18. The van der Waals surface area contributed by atoms with Crippen LogP contribution in [0.1, 0.15) is 41.8 Å². The molecular weight excluding hydrogens is 328 g/mol. The normalized spacial score (nSPS) is 10.3. The minimum absolute atomic E-state index is 0.0668. The smallest absolute Gasteiger partial charge is 0.226 e. The third-order valence-corrected chi connectivity index (χ3v) is 4.30. The highest BCUT2D eigenvalue weighted by molar-refractivity contribution is 5.98. The number of nitrogens with zero attached hydrogens (tertiary/aromatic N) is 1. The molecule has 0 bridgehead atoms. The zero-order chi connectivity index (χ0) is 19.3. The average Bonchev–Trinajstić information content (AvgIpc) is 2.58. The van der Waals surface area contributed by atoms with Crippen molar-refractivity contribution in [3.63, 3.8) is 0 Å². The van der Waals surface area contributed by atoms with Gasteiger partial charge in [0.25, 0.3) is 0 Å². The van der Waals surface area contributed by atoms with E-state index in [0.29, 0.717) is 11.3 Å². The molecule has 0 saturated heterocycles. The van der Waals surface area contributed by atoms with Gasteiger partial charge in [-0.25, -0.2) is 0 Å². The lowest BCUT2D eigenvalue weighted by molar-refractivity contribution is -0.117. The van der Waals surface area contributed by atoms with E-state index in [1.165, 1.54) is 18.7 Å². The Morgan fingerprint density at radius 3 is 2.31 bits per heavy atom. The second-order valence-electron chi connectivity index (χ2n) is 6.37. The topological polar surface area (TPSA) is 66.5 Å². The molecule has 136 valence electrons. The van der Waals surface area contributed by atoms with Gasteiger partial charge in [-0.3, -0.25) is 14.4 Å². The Labute approximate surface area is 154 Å². The Kier molecular flexibility index (Phi) is 6.28. The lowest BCUT2D eigenvalue weighted by Gasteiger charge is -2.21. The second kappa shape index (κ2) is 8.43. The highest BCUT2D eigenvalue weighted by atomic mass is 16.2. The van der Waals surface area contributed by atoms with Gasteiger partial charge in [-0.05, 0) is 56.2 Å². The van der Waals surface area contributed by atoms with Gasteiger partial charge >= 0.3 is 0 Å². The summed E-state index contributed by atoms with van der Waals surface area (Å²) >= 11 is 0. The molecular formula is C21H24N2O3. The number of rotatable bonds is 6. The summed E-state index contributed by atoms with van der Waals surface area (Å²) in [6, 6.07) is 12.6. The van der Waals surface area contributed by atoms with Crippen molar-refractivity contribution in [2.75, 3.05) is 16.8 Å². The van der Waals surface area contributed by atoms with Gasteiger partial charge in [0.2, 0.25) is 11.8 Å². The fourth-order valence-corrected chi connectivity index (χ4v) is 2.62. The average molecular weight is 352 g/mol. The first-order chi connectivity index (χ1) is 12.3. The van der Waals surface area contributed by atoms with Gasteiger partial charge in [0.15, 0.2) is 5.78 Å². The molecule has 2 amide bonds. The second-order valence-corrected chi connectivity index (χ2v) is 6.37. The molecule has 5 heteroatoms. The molecule has 0 heterocycles. The van der Waals surface area contributed by atoms with E-state index >= 15 is 0 Å². The number of hydrogen-bond acceptors (Lipinski definition) is 3. The molecule has 5 nitrogen and oxygen atoms in total. The molecule has 0 radical (unpaired) electrons. The Morgan fingerprint density at radius 2 is 1.69 bits per heavy atom. The summed E-state index contributed by atoms with van der Waals surface area (Å²) in [5, 5.41) is 2.85. The maximum atomic E-state index is 12.2. The lowest BCUT2D eigenvalue weighted by Crippen LogP contribution is -2.32. The fraction of sp³-hybridized carbons (Fsp3) is 0.286. The SMILES string of the molecule is CC(=O)c1cccc(N(CCC(=O)Nc2ccc(C)c(C)c2)C(C)=O)c1. The monoisotopic (exact) mass is 352 g/mol. The molecule has 0 spiro atoms. The summed E-state index contributed by atoms with van der Waals surface area (Å²) < 4.78 is 0. The van der Waals surface area contributed by atoms with Crippen molar-refractivity contribution < 1.29 is 14.4 Å². The van der Waals surface area contributed by atoms with Crippen LogP contribution in [0, 0.1) is 13.8 Å². The number of hydrogen-bond donors (Lipinski definition) is 1. The number of Topliss-reactive ketones (excluding diaryl/α,β-unsaturated/α-hetero) is 1. The molecule has 0 saturated carbocycles. The Balaban J connectivity index is 2.05. The van der Waals surface area contributed by atoms with Crippen LogP contribution >= 0.6 is 0 Å². The summed E-state index contributed by atoms with van der Waals surface area (Å²) in [6.07, 6.45) is 0.163. The van der Waals surface area contributed by atoms with Crippen LogP contribution in [-0.2, 0) is 9.59 Å². The van der Waals surface area contributed by atoms with Crippen molar-refractivity contribution in [1.82, 2.24) is 0 Å². The van der Waals surface area contributed by atoms with Crippen LogP contribution in [0.25, 0.3) is 0 Å². The van der Waals surface area contributed by atoms with Crippen molar-refractivity contribution in [1.29, 1.82) is 0 Å². The predicted molar refractivity (Wildman–Crippen MR) is 104 cm³/mol. The van der Waals surface area contributed by atoms with Crippen LogP contribution in [0.15, 0.2) is 42.5 Å². The lowest BCUT2D eigenvalue weighted by atomic mass is 10.1. The molecule has 0 aromatic heterocycles. The number of nitrogens with one attached hydrogen (secondary N) is 1. The number of aryl methyl sites for hydroxylation is 2. The van der Waals surface area contributed by atoms with Crippen molar-refractivity contribution in [2.24, 2.45) is 0 Å². The fourth-order valence-electron chi connectivity index (χ4n) is 2.62. The standard InChI is InChI=1S/C21H24N2O3/c1-14-8-9-19(12-15(14)2)22-21(26)10-11-23(17(4)25)20-7-5-6-18(13-20)16(3)24/h5-9,12-13H,10-11H2,1-4H3,(H,22,26). The van der Waals surface area contributed by atoms with E-state index in [9.17, 15) is 14.4 Å². The predicted octanol–water partition coefficient (Wildman–Crippen LogP) is 3.89. The third kappa shape index (κ3) is 5.02. The molecule has 1 N–H and O–H groups in total. The summed E-state index contributed by atoms with van der Waals surface area (Å²) in [4.78, 5) is 37.3. The molecule has 0 aliphatic carbocycles. The summed E-state index contributed by atoms with van der Waals surface area (Å²) in [7, 11) is 0. The van der Waals surface area contributed by atoms with E-state index in [0.717, 1.165) is 16.8 Å². The number of anilines is 2. The molecule has 26 heavy (non-hydrogen) atoms. The van der Waals surface area contributed by atoms with Gasteiger partial charge in [-0.1, -0.05) is 18.2 Å². The number of carbonyl (C=O) groups excluding carboxylic acids is 3. The zero-order valence-corrected chi connectivity index (χ0v) is 15.6. The molecule has 0 aliphatic rings. The first-order valence-corrected chi connectivity index (χ1v) is 8.54. The van der Waals surface area contributed by atoms with E-state index in [1.807, 2.05) is 32.0 Å². The first-order valence-electron chi connectivity index (χ1n) is 8.54. The maximum Gasteiger partial charge on any atom is 0.226 e. The van der Waals surface area contributed by atoms with E-state index in [4.69, 9.17) is 0 Å². The van der Waals surface area contributed by atoms with Gasteiger partial charge < -0.3 is 10.2 Å². The minimum atomic E-state index is -0.176. The number of amides is 2. The van der Waals surface area contributed by atoms with Gasteiger partial charge in [0.05, 0.1) is 0 Å². The Morgan fingerprint density at radius 1 is 0.962 bits per heavy atom. The van der Waals surface area contributed by atoms with Crippen molar-refractivity contribution >= 4 is 29.0 Å². The summed E-state index contributed by atoms with van der Waals surface area (Å²) in [5.41, 5.74) is 4.16. The van der Waals surface area contributed by atoms with Crippen LogP contribution in [0.4, 0.5) is 11.4 Å². The maximum absolute atomic E-state index is 12.2. The van der Waals surface area contributed by atoms with Crippen LogP contribution in [0.3, 0.4) is 0 Å². The van der Waals surface area contributed by atoms with Crippen LogP contribution in [0.2, 0.25) is 0 Å². The van der Waals surface area contributed by atoms with Gasteiger partial charge in [-0.2, -0.15) is 0 Å². The first kappa shape index (κ1) is 19.4. The van der Waals surface area contributed by atoms with E-state index in [2.05, 4.69) is 5.32 Å². The van der Waals surface area contributed by atoms with E-state index in [1.54, 1.807) is 24.3 Å². The minimum Gasteiger partial charge on any atom is -0.326 e. The third-order valence-electron chi connectivity index (χ3n) is 4.30. The highest BCUT2D eigenvalue weighted by Crippen LogP contribution is 2.18. The van der Waals surface area contributed by atoms with E-state index in [-0.39, 0.29) is 30.6 Å². The summed E-state index contributed by atoms with van der Waals surface area (Å²) in [5.74, 6) is -0.408. The van der Waals surface area contributed by atoms with Gasteiger partial charge in [0.1, 0.15) is 0 Å². The van der Waals surface area contributed by atoms with Gasteiger partial charge in [-0.15, -0.1) is 0 Å². The zero-order valence-electron chi connectivity index (χ0n) is 15.6. The number of benzene rings is 2. The van der Waals surface area contributed by atoms with E-state index < -0.39 is 0 Å². The van der Waals surface area contributed by atoms with Crippen LogP contribution in [0.5, 0.6) is 0 Å². The number of carbonyl (C=O) groups is 3.